The van der Waals surface area contributed by atoms with E-state index in [1.54, 1.807) is 0 Å². The summed E-state index contributed by atoms with van der Waals surface area (Å²) in [5, 5.41) is 30.7. The van der Waals surface area contributed by atoms with Gasteiger partial charge in [0.25, 0.3) is 0 Å². The van der Waals surface area contributed by atoms with E-state index in [0.29, 0.717) is 6.42 Å². The van der Waals surface area contributed by atoms with E-state index in [4.69, 9.17) is 0 Å². The molecule has 4 nitrogen and oxygen atoms in total. The lowest BCUT2D eigenvalue weighted by atomic mass is 9.56. The summed E-state index contributed by atoms with van der Waals surface area (Å²) in [5.41, 5.74) is -2.19. The molecule has 2 rings (SSSR count). The Balaban J connectivity index is 2.57. The number of carboxylic acid groups (broad SMARTS) is 1. The molecule has 0 aromatic rings. The summed E-state index contributed by atoms with van der Waals surface area (Å²) in [7, 11) is 0. The van der Waals surface area contributed by atoms with E-state index in [2.05, 4.69) is 13.8 Å². The fourth-order valence-electron chi connectivity index (χ4n) is 5.13. The molecule has 0 unspecified atom stereocenters. The van der Waals surface area contributed by atoms with Gasteiger partial charge in [0.15, 0.2) is 0 Å². The third kappa shape index (κ3) is 1.76. The van der Waals surface area contributed by atoms with Gasteiger partial charge in [0.2, 0.25) is 0 Å². The molecule has 0 aliphatic heterocycles. The predicted octanol–water partition coefficient (Wildman–Crippen LogP) is 1.89. The Morgan fingerprint density at radius 3 is 2.32 bits per heavy atom. The Morgan fingerprint density at radius 1 is 1.26 bits per heavy atom. The van der Waals surface area contributed by atoms with Gasteiger partial charge in [-0.15, -0.1) is 0 Å². The maximum absolute atomic E-state index is 11.7. The van der Waals surface area contributed by atoms with Crippen molar-refractivity contribution in [2.45, 2.75) is 52.6 Å². The predicted molar refractivity (Wildman–Crippen MR) is 71.6 cm³/mol. The molecular weight excluding hydrogens is 244 g/mol. The van der Waals surface area contributed by atoms with Crippen LogP contribution in [-0.2, 0) is 4.79 Å². The molecule has 3 N–H and O–H groups in total. The molecule has 2 aliphatic rings. The summed E-state index contributed by atoms with van der Waals surface area (Å²) in [4.78, 5) is 11.7. The molecule has 0 saturated heterocycles. The number of aliphatic hydroxyl groups is 2. The lowest BCUT2D eigenvalue weighted by molar-refractivity contribution is -0.197. The summed E-state index contributed by atoms with van der Waals surface area (Å²) in [6.07, 6.45) is 2.33. The molecular formula is C15H26O4. The van der Waals surface area contributed by atoms with Crippen molar-refractivity contribution in [2.75, 3.05) is 6.61 Å². The molecule has 0 radical (unpaired) electrons. The zero-order valence-electron chi connectivity index (χ0n) is 12.3. The molecule has 0 spiro atoms. The number of carboxylic acids is 1. The molecule has 2 aliphatic carbocycles. The van der Waals surface area contributed by atoms with Gasteiger partial charge in [-0.2, -0.15) is 0 Å². The minimum atomic E-state index is -1.31. The smallest absolute Gasteiger partial charge is 0.309 e. The SMILES string of the molecule is C[C@H]1CC[C@@H]2C(C)(C)C[C@@](C)(CO)[C@]2(O)[C@@H]1C(=O)O. The number of carbonyl (C=O) groups is 1. The van der Waals surface area contributed by atoms with Gasteiger partial charge in [0, 0.05) is 5.41 Å². The molecule has 0 heterocycles. The molecule has 110 valence electrons. The number of hydrogen-bond donors (Lipinski definition) is 3. The van der Waals surface area contributed by atoms with E-state index in [0.717, 1.165) is 12.8 Å². The molecule has 0 amide bonds. The largest absolute Gasteiger partial charge is 0.481 e. The molecule has 0 aromatic heterocycles. The number of aliphatic carboxylic acids is 1. The van der Waals surface area contributed by atoms with Gasteiger partial charge in [-0.05, 0) is 36.5 Å². The minimum absolute atomic E-state index is 0.0569. The third-order valence-corrected chi connectivity index (χ3v) is 5.86. The van der Waals surface area contributed by atoms with Crippen molar-refractivity contribution in [3.63, 3.8) is 0 Å². The van der Waals surface area contributed by atoms with Gasteiger partial charge in [0.05, 0.1) is 18.1 Å². The Hall–Kier alpha value is -0.610. The molecule has 0 aromatic carbocycles. The Kier molecular flexibility index (Phi) is 3.26. The highest BCUT2D eigenvalue weighted by Crippen LogP contribution is 2.66. The van der Waals surface area contributed by atoms with Crippen molar-refractivity contribution in [3.8, 4) is 0 Å². The quantitative estimate of drug-likeness (QED) is 0.716. The first-order chi connectivity index (χ1) is 8.60. The van der Waals surface area contributed by atoms with Crippen LogP contribution in [-0.4, -0.2) is 33.5 Å². The first kappa shape index (κ1) is 14.8. The van der Waals surface area contributed by atoms with Crippen LogP contribution in [0.25, 0.3) is 0 Å². The number of aliphatic hydroxyl groups excluding tert-OH is 1. The Labute approximate surface area is 114 Å². The van der Waals surface area contributed by atoms with E-state index in [-0.39, 0.29) is 23.9 Å². The summed E-state index contributed by atoms with van der Waals surface area (Å²) >= 11 is 0. The second-order valence-corrected chi connectivity index (χ2v) is 7.63. The highest BCUT2D eigenvalue weighted by Gasteiger charge is 2.70. The van der Waals surface area contributed by atoms with Gasteiger partial charge in [-0.3, -0.25) is 4.79 Å². The topological polar surface area (TPSA) is 77.8 Å². The van der Waals surface area contributed by atoms with Crippen molar-refractivity contribution in [2.24, 2.45) is 28.6 Å². The van der Waals surface area contributed by atoms with Crippen molar-refractivity contribution >= 4 is 5.97 Å². The molecule has 0 bridgehead atoms. The van der Waals surface area contributed by atoms with E-state index in [9.17, 15) is 20.1 Å². The molecule has 2 saturated carbocycles. The summed E-state index contributed by atoms with van der Waals surface area (Å²) < 4.78 is 0. The second kappa shape index (κ2) is 4.19. The summed E-state index contributed by atoms with van der Waals surface area (Å²) in [6.45, 7) is 7.73. The van der Waals surface area contributed by atoms with Crippen molar-refractivity contribution < 1.29 is 20.1 Å². The van der Waals surface area contributed by atoms with Crippen LogP contribution in [0.1, 0.15) is 47.0 Å². The van der Waals surface area contributed by atoms with Gasteiger partial charge >= 0.3 is 5.97 Å². The van der Waals surface area contributed by atoms with Gasteiger partial charge in [0.1, 0.15) is 0 Å². The fourth-order valence-corrected chi connectivity index (χ4v) is 5.13. The highest BCUT2D eigenvalue weighted by molar-refractivity contribution is 5.72. The lowest BCUT2D eigenvalue weighted by Gasteiger charge is -2.51. The summed E-state index contributed by atoms with van der Waals surface area (Å²) in [5.74, 6) is -1.84. The first-order valence-electron chi connectivity index (χ1n) is 7.16. The van der Waals surface area contributed by atoms with Gasteiger partial charge in [-0.25, -0.2) is 0 Å². The van der Waals surface area contributed by atoms with Crippen molar-refractivity contribution in [1.29, 1.82) is 0 Å². The molecule has 19 heavy (non-hydrogen) atoms. The van der Waals surface area contributed by atoms with Crippen LogP contribution in [0.15, 0.2) is 0 Å². The van der Waals surface area contributed by atoms with E-state index in [1.165, 1.54) is 0 Å². The van der Waals surface area contributed by atoms with Crippen LogP contribution < -0.4 is 0 Å². The monoisotopic (exact) mass is 270 g/mol. The lowest BCUT2D eigenvalue weighted by Crippen LogP contribution is -2.61. The second-order valence-electron chi connectivity index (χ2n) is 7.63. The summed E-state index contributed by atoms with van der Waals surface area (Å²) in [6, 6.07) is 0. The fraction of sp³-hybridized carbons (Fsp3) is 0.933. The maximum atomic E-state index is 11.7. The number of rotatable bonds is 2. The van der Waals surface area contributed by atoms with E-state index >= 15 is 0 Å². The zero-order chi connectivity index (χ0) is 14.6. The van der Waals surface area contributed by atoms with Crippen LogP contribution >= 0.6 is 0 Å². The standard InChI is InChI=1S/C15H26O4/c1-9-5-6-10-13(2,3)7-14(4,8-16)15(10,19)11(9)12(17)18/h9-11,16,19H,5-8H2,1-4H3,(H,17,18)/t9-,10+,11-,14-,15+/m0/s1. The van der Waals surface area contributed by atoms with Gasteiger partial charge < -0.3 is 15.3 Å². The first-order valence-corrected chi connectivity index (χ1v) is 7.16. The molecule has 4 heteroatoms. The Morgan fingerprint density at radius 2 is 1.84 bits per heavy atom. The van der Waals surface area contributed by atoms with Crippen LogP contribution in [0, 0.1) is 28.6 Å². The van der Waals surface area contributed by atoms with Crippen LogP contribution in [0.3, 0.4) is 0 Å². The maximum Gasteiger partial charge on any atom is 0.309 e. The van der Waals surface area contributed by atoms with Crippen molar-refractivity contribution in [1.82, 2.24) is 0 Å². The number of fused-ring (bicyclic) bond motifs is 1. The average Bonchev–Trinajstić information content (AvgIpc) is 2.42. The molecule has 2 fully saturated rings. The van der Waals surface area contributed by atoms with Crippen molar-refractivity contribution in [3.05, 3.63) is 0 Å². The Bertz CT molecular complexity index is 392. The average molecular weight is 270 g/mol. The normalized spacial score (nSPS) is 48.8. The third-order valence-electron chi connectivity index (χ3n) is 5.86. The van der Waals surface area contributed by atoms with E-state index in [1.807, 2.05) is 13.8 Å². The minimum Gasteiger partial charge on any atom is -0.481 e. The molecule has 5 atom stereocenters. The zero-order valence-corrected chi connectivity index (χ0v) is 12.3. The van der Waals surface area contributed by atoms with Crippen LogP contribution in [0.4, 0.5) is 0 Å². The highest BCUT2D eigenvalue weighted by atomic mass is 16.4. The number of hydrogen-bond acceptors (Lipinski definition) is 3. The van der Waals surface area contributed by atoms with Crippen LogP contribution in [0.5, 0.6) is 0 Å². The van der Waals surface area contributed by atoms with Gasteiger partial charge in [-0.1, -0.05) is 27.7 Å². The van der Waals surface area contributed by atoms with E-state index < -0.39 is 22.9 Å². The van der Waals surface area contributed by atoms with Crippen LogP contribution in [0.2, 0.25) is 0 Å².